The maximum atomic E-state index is 5.94. The molecule has 1 aliphatic rings. The second-order valence-corrected chi connectivity index (χ2v) is 6.33. The number of aromatic nitrogens is 1. The fourth-order valence-electron chi connectivity index (χ4n) is 4.03. The van der Waals surface area contributed by atoms with Gasteiger partial charge in [0.15, 0.2) is 0 Å². The summed E-state index contributed by atoms with van der Waals surface area (Å²) in [6.45, 7) is 2.31. The molecule has 2 aromatic rings. The quantitative estimate of drug-likeness (QED) is 0.651. The smallest absolute Gasteiger partial charge is 0.0704 e. The molecule has 3 rings (SSSR count). The Kier molecular flexibility index (Phi) is 4.22. The lowest BCUT2D eigenvalue weighted by Crippen LogP contribution is -2.48. The van der Waals surface area contributed by atoms with Gasteiger partial charge in [0, 0.05) is 17.6 Å². The van der Waals surface area contributed by atoms with Gasteiger partial charge in [-0.15, -0.1) is 0 Å². The first-order chi connectivity index (χ1) is 10.3. The Morgan fingerprint density at radius 2 is 2.00 bits per heavy atom. The van der Waals surface area contributed by atoms with Gasteiger partial charge in [0.2, 0.25) is 0 Å². The molecule has 3 nitrogen and oxygen atoms in total. The summed E-state index contributed by atoms with van der Waals surface area (Å²) in [5.41, 5.74) is 5.91. The molecule has 112 valence electrons. The van der Waals surface area contributed by atoms with Gasteiger partial charge < -0.3 is 0 Å². The van der Waals surface area contributed by atoms with Gasteiger partial charge in [-0.1, -0.05) is 38.0 Å². The van der Waals surface area contributed by atoms with Crippen molar-refractivity contribution in [2.24, 2.45) is 11.3 Å². The van der Waals surface area contributed by atoms with E-state index in [-0.39, 0.29) is 0 Å². The molecule has 1 aliphatic carbocycles. The number of nitrogens with one attached hydrogen (secondary N) is 1. The fraction of sp³-hybridized carbons (Fsp3) is 0.500. The van der Waals surface area contributed by atoms with E-state index in [0.29, 0.717) is 11.5 Å². The van der Waals surface area contributed by atoms with E-state index < -0.39 is 0 Å². The second-order valence-electron chi connectivity index (χ2n) is 6.33. The summed E-state index contributed by atoms with van der Waals surface area (Å²) in [6, 6.07) is 10.9. The summed E-state index contributed by atoms with van der Waals surface area (Å²) < 4.78 is 0. The van der Waals surface area contributed by atoms with Gasteiger partial charge in [-0.25, -0.2) is 0 Å². The van der Waals surface area contributed by atoms with Gasteiger partial charge >= 0.3 is 0 Å². The Labute approximate surface area is 126 Å². The van der Waals surface area contributed by atoms with E-state index in [4.69, 9.17) is 5.84 Å². The van der Waals surface area contributed by atoms with Crippen molar-refractivity contribution in [1.29, 1.82) is 0 Å². The molecule has 3 heteroatoms. The standard InChI is InChI=1S/C18H25N3/c1-2-18(10-5-6-11-18)17(21-19)13-14-9-12-20-16-8-4-3-7-15(14)16/h3-4,7-9,12,17,21H,2,5-6,10-11,13,19H2,1H3. The van der Waals surface area contributed by atoms with Gasteiger partial charge in [-0.2, -0.15) is 0 Å². The number of hydrazine groups is 1. The van der Waals surface area contributed by atoms with E-state index in [1.165, 1.54) is 43.1 Å². The van der Waals surface area contributed by atoms with Crippen molar-refractivity contribution in [2.75, 3.05) is 0 Å². The molecule has 0 bridgehead atoms. The van der Waals surface area contributed by atoms with Crippen molar-refractivity contribution in [3.63, 3.8) is 0 Å². The molecule has 1 aromatic heterocycles. The van der Waals surface area contributed by atoms with Crippen molar-refractivity contribution in [2.45, 2.75) is 51.5 Å². The lowest BCUT2D eigenvalue weighted by Gasteiger charge is -2.37. The van der Waals surface area contributed by atoms with E-state index in [1.807, 2.05) is 12.3 Å². The zero-order valence-electron chi connectivity index (χ0n) is 12.8. The first kappa shape index (κ1) is 14.5. The highest BCUT2D eigenvalue weighted by molar-refractivity contribution is 5.81. The molecule has 3 N–H and O–H groups in total. The minimum Gasteiger partial charge on any atom is -0.271 e. The normalized spacial score (nSPS) is 19.0. The zero-order valence-corrected chi connectivity index (χ0v) is 12.8. The molecular formula is C18H25N3. The van der Waals surface area contributed by atoms with Crippen LogP contribution < -0.4 is 11.3 Å². The Morgan fingerprint density at radius 3 is 2.71 bits per heavy atom. The summed E-state index contributed by atoms with van der Waals surface area (Å²) in [5, 5.41) is 1.25. The zero-order chi connectivity index (χ0) is 14.7. The maximum Gasteiger partial charge on any atom is 0.0704 e. The van der Waals surface area contributed by atoms with Crippen molar-refractivity contribution in [1.82, 2.24) is 10.4 Å². The largest absolute Gasteiger partial charge is 0.271 e. The topological polar surface area (TPSA) is 50.9 Å². The lowest BCUT2D eigenvalue weighted by atomic mass is 9.74. The van der Waals surface area contributed by atoms with Crippen molar-refractivity contribution >= 4 is 10.9 Å². The highest BCUT2D eigenvalue weighted by Gasteiger charge is 2.39. The molecule has 1 fully saturated rings. The van der Waals surface area contributed by atoms with Crippen LogP contribution >= 0.6 is 0 Å². The first-order valence-corrected chi connectivity index (χ1v) is 8.08. The molecule has 0 amide bonds. The van der Waals surface area contributed by atoms with Crippen LogP contribution in [0.4, 0.5) is 0 Å². The van der Waals surface area contributed by atoms with Crippen LogP contribution in [0.3, 0.4) is 0 Å². The second kappa shape index (κ2) is 6.12. The number of nitrogens with zero attached hydrogens (tertiary/aromatic N) is 1. The van der Waals surface area contributed by atoms with Crippen LogP contribution in [0.15, 0.2) is 36.5 Å². The Morgan fingerprint density at radius 1 is 1.24 bits per heavy atom. The van der Waals surface area contributed by atoms with E-state index >= 15 is 0 Å². The van der Waals surface area contributed by atoms with Gasteiger partial charge in [-0.3, -0.25) is 16.3 Å². The molecule has 1 unspecified atom stereocenters. The summed E-state index contributed by atoms with van der Waals surface area (Å²) in [4.78, 5) is 4.46. The van der Waals surface area contributed by atoms with Crippen LogP contribution in [0.5, 0.6) is 0 Å². The van der Waals surface area contributed by atoms with Crippen molar-refractivity contribution in [3.8, 4) is 0 Å². The van der Waals surface area contributed by atoms with Crippen molar-refractivity contribution in [3.05, 3.63) is 42.1 Å². The predicted octanol–water partition coefficient (Wildman–Crippen LogP) is 3.58. The molecule has 1 heterocycles. The van der Waals surface area contributed by atoms with E-state index in [1.54, 1.807) is 0 Å². The molecule has 1 atom stereocenters. The average Bonchev–Trinajstić information content (AvgIpc) is 3.02. The Hall–Kier alpha value is -1.45. The highest BCUT2D eigenvalue weighted by Crippen LogP contribution is 2.44. The molecular weight excluding hydrogens is 258 g/mol. The number of fused-ring (bicyclic) bond motifs is 1. The Bertz CT molecular complexity index is 597. The summed E-state index contributed by atoms with van der Waals surface area (Å²) in [5.74, 6) is 5.94. The van der Waals surface area contributed by atoms with Crippen LogP contribution in [0.1, 0.15) is 44.6 Å². The average molecular weight is 283 g/mol. The van der Waals surface area contributed by atoms with E-state index in [2.05, 4.69) is 41.6 Å². The number of nitrogens with two attached hydrogens (primary N) is 1. The maximum absolute atomic E-state index is 5.94. The molecule has 1 aromatic carbocycles. The summed E-state index contributed by atoms with van der Waals surface area (Å²) in [7, 11) is 0. The first-order valence-electron chi connectivity index (χ1n) is 8.08. The minimum atomic E-state index is 0.343. The van der Waals surface area contributed by atoms with E-state index in [0.717, 1.165) is 11.9 Å². The molecule has 21 heavy (non-hydrogen) atoms. The van der Waals surface area contributed by atoms with Crippen LogP contribution in [0.2, 0.25) is 0 Å². The molecule has 0 aliphatic heterocycles. The van der Waals surface area contributed by atoms with Crippen molar-refractivity contribution < 1.29 is 0 Å². The van der Waals surface area contributed by atoms with Crippen LogP contribution in [0.25, 0.3) is 10.9 Å². The third-order valence-corrected chi connectivity index (χ3v) is 5.41. The van der Waals surface area contributed by atoms with Gasteiger partial charge in [0.25, 0.3) is 0 Å². The highest BCUT2D eigenvalue weighted by atomic mass is 15.2. The van der Waals surface area contributed by atoms with Gasteiger partial charge in [0.1, 0.15) is 0 Å². The van der Waals surface area contributed by atoms with Crippen LogP contribution in [-0.4, -0.2) is 11.0 Å². The van der Waals surface area contributed by atoms with Gasteiger partial charge in [-0.05, 0) is 48.8 Å². The number of para-hydroxylation sites is 1. The van der Waals surface area contributed by atoms with E-state index in [9.17, 15) is 0 Å². The molecule has 0 saturated heterocycles. The lowest BCUT2D eigenvalue weighted by molar-refractivity contribution is 0.185. The molecule has 1 saturated carbocycles. The van der Waals surface area contributed by atoms with Crippen LogP contribution in [-0.2, 0) is 6.42 Å². The number of rotatable bonds is 5. The SMILES string of the molecule is CCC1(C(Cc2ccnc3ccccc23)NN)CCCC1. The van der Waals surface area contributed by atoms with Crippen LogP contribution in [0, 0.1) is 5.41 Å². The summed E-state index contributed by atoms with van der Waals surface area (Å²) >= 11 is 0. The number of benzene rings is 1. The number of hydrogen-bond donors (Lipinski definition) is 2. The molecule has 0 radical (unpaired) electrons. The minimum absolute atomic E-state index is 0.343. The summed E-state index contributed by atoms with van der Waals surface area (Å²) in [6.07, 6.45) is 9.35. The molecule has 0 spiro atoms. The predicted molar refractivity (Wildman–Crippen MR) is 87.8 cm³/mol. The third-order valence-electron chi connectivity index (χ3n) is 5.41. The Balaban J connectivity index is 1.92. The van der Waals surface area contributed by atoms with Gasteiger partial charge in [0.05, 0.1) is 5.52 Å². The fourth-order valence-corrected chi connectivity index (χ4v) is 4.03. The third kappa shape index (κ3) is 2.68. The number of hydrogen-bond acceptors (Lipinski definition) is 3. The number of pyridine rings is 1. The monoisotopic (exact) mass is 283 g/mol.